The number of carbonyl (C=O) groups excluding carboxylic acids is 1. The van der Waals surface area contributed by atoms with Gasteiger partial charge in [-0.05, 0) is 25.8 Å². The van der Waals surface area contributed by atoms with E-state index in [2.05, 4.69) is 19.1 Å². The maximum absolute atomic E-state index is 11.1. The molecule has 1 aliphatic heterocycles. The van der Waals surface area contributed by atoms with Gasteiger partial charge in [0.2, 0.25) is 5.91 Å². The van der Waals surface area contributed by atoms with Gasteiger partial charge in [0.25, 0.3) is 0 Å². The normalized spacial score (nSPS) is 23.1. The van der Waals surface area contributed by atoms with Crippen molar-refractivity contribution in [3.63, 3.8) is 0 Å². The quantitative estimate of drug-likeness (QED) is 0.540. The first-order valence-corrected chi connectivity index (χ1v) is 4.44. The van der Waals surface area contributed by atoms with Crippen molar-refractivity contribution in [3.05, 3.63) is 23.4 Å². The number of allylic oxidation sites excluding steroid dienone is 4. The summed E-state index contributed by atoms with van der Waals surface area (Å²) in [4.78, 5) is 13.0. The molecule has 12 heavy (non-hydrogen) atoms. The van der Waals surface area contributed by atoms with Crippen molar-refractivity contribution in [3.8, 4) is 0 Å². The zero-order valence-electron chi connectivity index (χ0n) is 7.34. The van der Waals surface area contributed by atoms with E-state index in [1.165, 1.54) is 11.3 Å². The van der Waals surface area contributed by atoms with Crippen LogP contribution < -0.4 is 0 Å². The molecular formula is C10H13NO. The van der Waals surface area contributed by atoms with Crippen molar-refractivity contribution < 1.29 is 4.79 Å². The molecule has 0 aromatic rings. The molecule has 1 amide bonds. The highest BCUT2D eigenvalue weighted by Crippen LogP contribution is 2.25. The third-order valence-electron chi connectivity index (χ3n) is 2.53. The fourth-order valence-corrected chi connectivity index (χ4v) is 1.57. The second kappa shape index (κ2) is 2.77. The van der Waals surface area contributed by atoms with Gasteiger partial charge < -0.3 is 4.90 Å². The molecule has 2 heteroatoms. The number of nitrogens with zero attached hydrogens (tertiary/aromatic N) is 1. The van der Waals surface area contributed by atoms with Crippen LogP contribution in [0.5, 0.6) is 0 Å². The highest BCUT2D eigenvalue weighted by molar-refractivity contribution is 5.83. The van der Waals surface area contributed by atoms with E-state index in [1.54, 1.807) is 0 Å². The molecule has 1 heterocycles. The smallest absolute Gasteiger partial charge is 0.228 e. The molecule has 0 N–H and O–H groups in total. The van der Waals surface area contributed by atoms with Crippen LogP contribution in [0.25, 0.3) is 0 Å². The molecule has 1 fully saturated rings. The van der Waals surface area contributed by atoms with E-state index in [4.69, 9.17) is 0 Å². The van der Waals surface area contributed by atoms with Crippen LogP contribution in [0.1, 0.15) is 26.2 Å². The van der Waals surface area contributed by atoms with Gasteiger partial charge in [0, 0.05) is 18.7 Å². The lowest BCUT2D eigenvalue weighted by molar-refractivity contribution is -0.137. The summed E-state index contributed by atoms with van der Waals surface area (Å²) in [6.07, 6.45) is 7.07. The molecular weight excluding hydrogens is 150 g/mol. The third-order valence-corrected chi connectivity index (χ3v) is 2.53. The van der Waals surface area contributed by atoms with E-state index in [0.717, 1.165) is 25.8 Å². The predicted octanol–water partition coefficient (Wildman–Crippen LogP) is 1.84. The maximum atomic E-state index is 11.1. The summed E-state index contributed by atoms with van der Waals surface area (Å²) in [6, 6.07) is 0. The number of amides is 1. The maximum Gasteiger partial charge on any atom is 0.228 e. The molecule has 0 aromatic heterocycles. The summed E-state index contributed by atoms with van der Waals surface area (Å²) in [5.41, 5.74) is 2.61. The molecule has 0 radical (unpaired) electrons. The van der Waals surface area contributed by atoms with Crippen molar-refractivity contribution in [1.82, 2.24) is 4.90 Å². The Hall–Kier alpha value is -1.05. The van der Waals surface area contributed by atoms with Crippen molar-refractivity contribution in [2.45, 2.75) is 26.2 Å². The van der Waals surface area contributed by atoms with Gasteiger partial charge in [0.1, 0.15) is 0 Å². The van der Waals surface area contributed by atoms with Crippen LogP contribution in [0, 0.1) is 0 Å². The van der Waals surface area contributed by atoms with Crippen molar-refractivity contribution >= 4 is 5.91 Å². The van der Waals surface area contributed by atoms with Gasteiger partial charge in [-0.25, -0.2) is 0 Å². The van der Waals surface area contributed by atoms with Gasteiger partial charge in [-0.2, -0.15) is 0 Å². The second-order valence-corrected chi connectivity index (χ2v) is 3.47. The topological polar surface area (TPSA) is 20.3 Å². The van der Waals surface area contributed by atoms with E-state index in [9.17, 15) is 4.79 Å². The first-order valence-electron chi connectivity index (χ1n) is 4.44. The summed E-state index contributed by atoms with van der Waals surface area (Å²) < 4.78 is 0. The minimum atomic E-state index is 0.286. The highest BCUT2D eigenvalue weighted by Gasteiger charge is 2.26. The van der Waals surface area contributed by atoms with Crippen LogP contribution in [0.3, 0.4) is 0 Å². The molecule has 0 spiro atoms. The van der Waals surface area contributed by atoms with Crippen molar-refractivity contribution in [2.24, 2.45) is 0 Å². The zero-order valence-corrected chi connectivity index (χ0v) is 7.34. The minimum Gasteiger partial charge on any atom is -0.316 e. The first-order chi connectivity index (χ1) is 5.77. The summed E-state index contributed by atoms with van der Waals surface area (Å²) in [5, 5.41) is 0. The Balaban J connectivity index is 2.10. The SMILES string of the molecule is CC1=CC=C(N2CCC2=O)CC1. The Morgan fingerprint density at radius 1 is 1.25 bits per heavy atom. The number of hydrogen-bond donors (Lipinski definition) is 0. The lowest BCUT2D eigenvalue weighted by Gasteiger charge is -2.34. The Morgan fingerprint density at radius 2 is 2.08 bits per heavy atom. The number of likely N-dealkylation sites (tertiary alicyclic amines) is 1. The van der Waals surface area contributed by atoms with E-state index in [0.29, 0.717) is 0 Å². The molecule has 0 saturated carbocycles. The summed E-state index contributed by atoms with van der Waals surface area (Å²) in [7, 11) is 0. The molecule has 0 aromatic carbocycles. The van der Waals surface area contributed by atoms with Crippen LogP contribution in [0.15, 0.2) is 23.4 Å². The fourth-order valence-electron chi connectivity index (χ4n) is 1.57. The summed E-state index contributed by atoms with van der Waals surface area (Å²) in [6.45, 7) is 3.06. The van der Waals surface area contributed by atoms with Gasteiger partial charge in [-0.1, -0.05) is 11.6 Å². The predicted molar refractivity (Wildman–Crippen MR) is 47.4 cm³/mol. The average molecular weight is 163 g/mol. The van der Waals surface area contributed by atoms with Gasteiger partial charge in [-0.3, -0.25) is 4.79 Å². The molecule has 1 aliphatic carbocycles. The zero-order chi connectivity index (χ0) is 8.55. The van der Waals surface area contributed by atoms with Crippen molar-refractivity contribution in [1.29, 1.82) is 0 Å². The molecule has 2 rings (SSSR count). The van der Waals surface area contributed by atoms with Crippen molar-refractivity contribution in [2.75, 3.05) is 6.54 Å². The van der Waals surface area contributed by atoms with E-state index >= 15 is 0 Å². The molecule has 1 saturated heterocycles. The minimum absolute atomic E-state index is 0.286. The molecule has 0 atom stereocenters. The Bertz CT molecular complexity index is 276. The monoisotopic (exact) mass is 163 g/mol. The number of rotatable bonds is 1. The number of carbonyl (C=O) groups is 1. The fraction of sp³-hybridized carbons (Fsp3) is 0.500. The van der Waals surface area contributed by atoms with Crippen LogP contribution in [0.2, 0.25) is 0 Å². The van der Waals surface area contributed by atoms with Crippen LogP contribution in [0.4, 0.5) is 0 Å². The second-order valence-electron chi connectivity index (χ2n) is 3.47. The lowest BCUT2D eigenvalue weighted by atomic mass is 10.0. The van der Waals surface area contributed by atoms with E-state index in [1.807, 2.05) is 4.90 Å². The van der Waals surface area contributed by atoms with E-state index < -0.39 is 0 Å². The average Bonchev–Trinajstić information content (AvgIpc) is 2.06. The van der Waals surface area contributed by atoms with Gasteiger partial charge >= 0.3 is 0 Å². The molecule has 0 bridgehead atoms. The van der Waals surface area contributed by atoms with Crippen LogP contribution in [-0.2, 0) is 4.79 Å². The summed E-state index contributed by atoms with van der Waals surface area (Å²) in [5.74, 6) is 0.286. The first kappa shape index (κ1) is 7.59. The van der Waals surface area contributed by atoms with Crippen LogP contribution >= 0.6 is 0 Å². The Labute approximate surface area is 72.6 Å². The third kappa shape index (κ3) is 1.17. The van der Waals surface area contributed by atoms with Gasteiger partial charge in [0.05, 0.1) is 0 Å². The molecule has 2 nitrogen and oxygen atoms in total. The Kier molecular flexibility index (Phi) is 1.75. The van der Waals surface area contributed by atoms with Crippen LogP contribution in [-0.4, -0.2) is 17.4 Å². The highest BCUT2D eigenvalue weighted by atomic mass is 16.2. The largest absolute Gasteiger partial charge is 0.316 e. The van der Waals surface area contributed by atoms with E-state index in [-0.39, 0.29) is 5.91 Å². The summed E-state index contributed by atoms with van der Waals surface area (Å²) >= 11 is 0. The van der Waals surface area contributed by atoms with Gasteiger partial charge in [-0.15, -0.1) is 0 Å². The number of hydrogen-bond acceptors (Lipinski definition) is 1. The van der Waals surface area contributed by atoms with Gasteiger partial charge in [0.15, 0.2) is 0 Å². The Morgan fingerprint density at radius 3 is 2.50 bits per heavy atom. The number of β-lactam (4-membered cyclic amide) rings is 1. The molecule has 2 aliphatic rings. The molecule has 0 unspecified atom stereocenters. The molecule has 64 valence electrons. The lowest BCUT2D eigenvalue weighted by Crippen LogP contribution is -2.42. The standard InChI is InChI=1S/C10H13NO/c1-8-2-4-9(5-3-8)11-7-6-10(11)12/h2,4H,3,5-7H2,1H3.